The first-order valence-electron chi connectivity index (χ1n) is 6.64. The van der Waals surface area contributed by atoms with Crippen molar-refractivity contribution in [3.63, 3.8) is 0 Å². The van der Waals surface area contributed by atoms with Crippen LogP contribution >= 0.6 is 22.7 Å². The number of hydrogen-bond acceptors (Lipinski definition) is 4. The van der Waals surface area contributed by atoms with Gasteiger partial charge in [0.05, 0.1) is 20.2 Å². The molecule has 0 radical (unpaired) electrons. The second-order valence-corrected chi connectivity index (χ2v) is 7.33. The van der Waals surface area contributed by atoms with Gasteiger partial charge in [-0.15, -0.1) is 22.7 Å². The molecule has 0 fully saturated rings. The van der Waals surface area contributed by atoms with E-state index in [1.54, 1.807) is 0 Å². The topological polar surface area (TPSA) is 34.1 Å². The van der Waals surface area contributed by atoms with E-state index in [4.69, 9.17) is 0 Å². The van der Waals surface area contributed by atoms with Gasteiger partial charge in [-0.2, -0.15) is 8.78 Å². The lowest BCUT2D eigenvalue weighted by molar-refractivity contribution is 0.537. The number of hydrogen-bond donors (Lipinski definition) is 0. The van der Waals surface area contributed by atoms with Gasteiger partial charge in [0.15, 0.2) is 22.5 Å². The predicted octanol–water partition coefficient (Wildman–Crippen LogP) is 4.57. The highest BCUT2D eigenvalue weighted by Gasteiger charge is 2.25. The van der Waals surface area contributed by atoms with Crippen molar-refractivity contribution >= 4 is 64.4 Å². The molecule has 0 N–H and O–H groups in total. The summed E-state index contributed by atoms with van der Waals surface area (Å²) in [6.07, 6.45) is 0. The zero-order valence-corrected chi connectivity index (χ0v) is 12.9. The van der Waals surface area contributed by atoms with Crippen molar-refractivity contribution in [3.8, 4) is 0 Å². The van der Waals surface area contributed by atoms with Gasteiger partial charge in [-0.3, -0.25) is 9.59 Å². The van der Waals surface area contributed by atoms with E-state index in [1.165, 1.54) is 12.1 Å². The fourth-order valence-corrected chi connectivity index (χ4v) is 5.04. The molecule has 2 heterocycles. The molecule has 5 aromatic rings. The second-order valence-electron chi connectivity index (χ2n) is 5.39. The fourth-order valence-electron chi connectivity index (χ4n) is 3.17. The van der Waals surface area contributed by atoms with Crippen LogP contribution in [0.1, 0.15) is 0 Å². The van der Waals surface area contributed by atoms with Crippen LogP contribution in [0.3, 0.4) is 0 Å². The summed E-state index contributed by atoms with van der Waals surface area (Å²) in [5.74, 6) is -2.42. The van der Waals surface area contributed by atoms with Gasteiger partial charge in [-0.25, -0.2) is 8.78 Å². The molecule has 8 heteroatoms. The molecule has 0 saturated carbocycles. The highest BCUT2D eigenvalue weighted by molar-refractivity contribution is 7.19. The Morgan fingerprint density at radius 2 is 1.00 bits per heavy atom. The van der Waals surface area contributed by atoms with E-state index in [9.17, 15) is 27.2 Å². The van der Waals surface area contributed by atoms with E-state index in [1.807, 2.05) is 0 Å². The van der Waals surface area contributed by atoms with E-state index >= 15 is 0 Å². The van der Waals surface area contributed by atoms with E-state index in [-0.39, 0.29) is 41.7 Å². The van der Waals surface area contributed by atoms with Crippen LogP contribution < -0.4 is 10.9 Å². The number of halogens is 4. The van der Waals surface area contributed by atoms with Gasteiger partial charge in [0.25, 0.3) is 0 Å². The molecule has 0 amide bonds. The Morgan fingerprint density at radius 3 is 1.38 bits per heavy atom. The van der Waals surface area contributed by atoms with Crippen LogP contribution in [-0.4, -0.2) is 0 Å². The SMILES string of the molecule is O=c1c2cc3c(cc2c2sc(F)c(F)c12)c(=O)c1c(F)c(F)sc13. The third kappa shape index (κ3) is 1.41. The van der Waals surface area contributed by atoms with Crippen molar-refractivity contribution in [2.75, 3.05) is 0 Å². The van der Waals surface area contributed by atoms with Crippen molar-refractivity contribution in [1.29, 1.82) is 0 Å². The van der Waals surface area contributed by atoms with E-state index in [0.29, 0.717) is 22.7 Å². The van der Waals surface area contributed by atoms with Crippen LogP contribution in [0.15, 0.2) is 21.7 Å². The molecule has 0 aliphatic rings. The molecule has 0 bridgehead atoms. The van der Waals surface area contributed by atoms with Crippen LogP contribution in [0.2, 0.25) is 0 Å². The van der Waals surface area contributed by atoms with Gasteiger partial charge in [-0.05, 0) is 12.1 Å². The van der Waals surface area contributed by atoms with Crippen molar-refractivity contribution in [3.05, 3.63) is 54.5 Å². The first-order valence-corrected chi connectivity index (χ1v) is 8.27. The summed E-state index contributed by atoms with van der Waals surface area (Å²) < 4.78 is 54.7. The number of fused-ring (bicyclic) bond motifs is 6. The van der Waals surface area contributed by atoms with Crippen LogP contribution in [0, 0.1) is 21.9 Å². The molecule has 0 spiro atoms. The maximum Gasteiger partial charge on any atom is 0.213 e. The van der Waals surface area contributed by atoms with E-state index in [0.717, 1.165) is 0 Å². The lowest BCUT2D eigenvalue weighted by Crippen LogP contribution is -1.97. The zero-order valence-electron chi connectivity index (χ0n) is 11.3. The molecule has 5 rings (SSSR count). The molecule has 0 atom stereocenters. The molecule has 2 nitrogen and oxygen atoms in total. The molecule has 2 aromatic heterocycles. The quantitative estimate of drug-likeness (QED) is 0.376. The summed E-state index contributed by atoms with van der Waals surface area (Å²) in [6.45, 7) is 0. The van der Waals surface area contributed by atoms with Crippen LogP contribution in [-0.2, 0) is 0 Å². The number of rotatable bonds is 0. The normalized spacial score (nSPS) is 12.5. The van der Waals surface area contributed by atoms with Crippen molar-refractivity contribution < 1.29 is 17.6 Å². The fraction of sp³-hybridized carbons (Fsp3) is 0. The largest absolute Gasteiger partial charge is 0.288 e. The van der Waals surface area contributed by atoms with Crippen molar-refractivity contribution in [1.82, 2.24) is 0 Å². The van der Waals surface area contributed by atoms with Crippen molar-refractivity contribution in [2.45, 2.75) is 0 Å². The molecule has 0 aliphatic carbocycles. The van der Waals surface area contributed by atoms with Gasteiger partial charge in [0.1, 0.15) is 0 Å². The first kappa shape index (κ1) is 14.1. The highest BCUT2D eigenvalue weighted by atomic mass is 32.1. The molecule has 0 saturated heterocycles. The number of thiophene rings is 2. The summed E-state index contributed by atoms with van der Waals surface area (Å²) in [5.41, 5.74) is -1.39. The summed E-state index contributed by atoms with van der Waals surface area (Å²) in [7, 11) is 0. The third-order valence-electron chi connectivity index (χ3n) is 4.21. The Morgan fingerprint density at radius 1 is 0.625 bits per heavy atom. The standard InChI is InChI=1S/C16H2F4O2S2/c17-9-7-11(21)3-1-5-4(2-6(3)14(7)24-16(9)20)12(22)8-10(18)15(19)23-13(5)8/h1-2H. The van der Waals surface area contributed by atoms with Crippen LogP contribution in [0.5, 0.6) is 0 Å². The molecular weight excluding hydrogens is 364 g/mol. The monoisotopic (exact) mass is 366 g/mol. The Bertz CT molecular complexity index is 1320. The molecule has 24 heavy (non-hydrogen) atoms. The number of benzene rings is 1. The average Bonchev–Trinajstić information content (AvgIpc) is 3.19. The molecule has 0 aliphatic heterocycles. The van der Waals surface area contributed by atoms with E-state index in [2.05, 4.69) is 0 Å². The zero-order chi connectivity index (χ0) is 16.9. The smallest absolute Gasteiger partial charge is 0.213 e. The highest BCUT2D eigenvalue weighted by Crippen LogP contribution is 2.39. The Labute approximate surface area is 136 Å². The predicted molar refractivity (Wildman–Crippen MR) is 87.0 cm³/mol. The molecular formula is C16H2F4O2S2. The average molecular weight is 366 g/mol. The minimum atomic E-state index is -1.21. The minimum Gasteiger partial charge on any atom is -0.288 e. The Hall–Kier alpha value is -2.32. The van der Waals surface area contributed by atoms with Crippen molar-refractivity contribution in [2.24, 2.45) is 0 Å². The summed E-state index contributed by atoms with van der Waals surface area (Å²) in [4.78, 5) is 24.7. The summed E-state index contributed by atoms with van der Waals surface area (Å²) in [5, 5.41) is -2.22. The van der Waals surface area contributed by atoms with Crippen LogP contribution in [0.25, 0.3) is 41.7 Å². The molecule has 118 valence electrons. The third-order valence-corrected chi connectivity index (χ3v) is 6.19. The lowest BCUT2D eigenvalue weighted by atomic mass is 10.1. The maximum atomic E-state index is 13.8. The summed E-state index contributed by atoms with van der Waals surface area (Å²) in [6, 6.07) is 2.66. The molecule has 3 aromatic carbocycles. The minimum absolute atomic E-state index is 0.101. The first-order chi connectivity index (χ1) is 11.4. The Kier molecular flexibility index (Phi) is 2.46. The maximum absolute atomic E-state index is 13.8. The lowest BCUT2D eigenvalue weighted by Gasteiger charge is -1.92. The van der Waals surface area contributed by atoms with Gasteiger partial charge >= 0.3 is 0 Å². The van der Waals surface area contributed by atoms with Gasteiger partial charge < -0.3 is 0 Å². The molecule has 0 unspecified atom stereocenters. The van der Waals surface area contributed by atoms with Crippen LogP contribution in [0.4, 0.5) is 17.6 Å². The van der Waals surface area contributed by atoms with Gasteiger partial charge in [0, 0.05) is 21.5 Å². The van der Waals surface area contributed by atoms with Gasteiger partial charge in [0.2, 0.25) is 10.3 Å². The van der Waals surface area contributed by atoms with Gasteiger partial charge in [-0.1, -0.05) is 0 Å². The van der Waals surface area contributed by atoms with E-state index < -0.39 is 32.8 Å². The Balaban J connectivity index is 2.11. The second kappa shape index (κ2) is 4.20. The summed E-state index contributed by atoms with van der Waals surface area (Å²) >= 11 is 0.966.